The van der Waals surface area contributed by atoms with Gasteiger partial charge in [-0.3, -0.25) is 4.79 Å². The first-order valence-corrected chi connectivity index (χ1v) is 6.77. The number of hydrogen-bond acceptors (Lipinski definition) is 5. The van der Waals surface area contributed by atoms with Crippen molar-refractivity contribution in [1.82, 2.24) is 15.2 Å². The molecule has 1 aromatic carbocycles. The molecule has 2 aromatic rings. The molecule has 2 rings (SSSR count). The summed E-state index contributed by atoms with van der Waals surface area (Å²) in [7, 11) is 0. The third-order valence-corrected chi connectivity index (χ3v) is 3.37. The maximum Gasteiger partial charge on any atom is 0.234 e. The lowest BCUT2D eigenvalue weighted by molar-refractivity contribution is -0.113. The molecule has 6 nitrogen and oxygen atoms in total. The van der Waals surface area contributed by atoms with Crippen LogP contribution in [-0.2, 0) is 4.79 Å². The van der Waals surface area contributed by atoms with E-state index in [1.54, 1.807) is 12.1 Å². The predicted octanol–water partition coefficient (Wildman–Crippen LogP) is 2.08. The molecule has 4 N–H and O–H groups in total. The summed E-state index contributed by atoms with van der Waals surface area (Å²) < 4.78 is 0. The molecule has 0 aliphatic heterocycles. The van der Waals surface area contributed by atoms with E-state index >= 15 is 0 Å². The second-order valence-electron chi connectivity index (χ2n) is 3.82. The van der Waals surface area contributed by atoms with Crippen LogP contribution in [0.2, 0.25) is 5.02 Å². The second-order valence-corrected chi connectivity index (χ2v) is 5.17. The Kier molecular flexibility index (Phi) is 4.28. The monoisotopic (exact) mass is 297 g/mol. The van der Waals surface area contributed by atoms with Gasteiger partial charge in [0.05, 0.1) is 16.5 Å². The molecule has 1 aromatic heterocycles. The molecule has 0 unspecified atom stereocenters. The molecule has 0 radical (unpaired) electrons. The summed E-state index contributed by atoms with van der Waals surface area (Å²) in [5, 5.41) is 9.99. The summed E-state index contributed by atoms with van der Waals surface area (Å²) in [4.78, 5) is 15.6. The lowest BCUT2D eigenvalue weighted by Gasteiger charge is -2.06. The average molecular weight is 298 g/mol. The normalized spacial score (nSPS) is 10.4. The minimum Gasteiger partial charge on any atom is -0.368 e. The fraction of sp³-hybridized carbons (Fsp3) is 0.182. The third kappa shape index (κ3) is 3.87. The molecule has 0 spiro atoms. The van der Waals surface area contributed by atoms with Crippen molar-refractivity contribution in [2.24, 2.45) is 0 Å². The Morgan fingerprint density at radius 1 is 1.58 bits per heavy atom. The van der Waals surface area contributed by atoms with Gasteiger partial charge in [0.2, 0.25) is 17.0 Å². The minimum atomic E-state index is -0.181. The number of anilines is 2. The Labute approximate surface area is 119 Å². The minimum absolute atomic E-state index is 0.181. The van der Waals surface area contributed by atoms with Gasteiger partial charge in [0.1, 0.15) is 0 Å². The van der Waals surface area contributed by atoms with Crippen LogP contribution in [0.3, 0.4) is 0 Å². The van der Waals surface area contributed by atoms with E-state index in [0.29, 0.717) is 15.9 Å². The number of aromatic nitrogens is 3. The number of carbonyl (C=O) groups is 1. The number of rotatable bonds is 4. The van der Waals surface area contributed by atoms with Crippen LogP contribution in [0.1, 0.15) is 5.56 Å². The maximum atomic E-state index is 11.7. The van der Waals surface area contributed by atoms with Crippen LogP contribution in [0, 0.1) is 6.92 Å². The van der Waals surface area contributed by atoms with Crippen molar-refractivity contribution in [1.29, 1.82) is 0 Å². The van der Waals surface area contributed by atoms with Crippen LogP contribution in [-0.4, -0.2) is 26.8 Å². The van der Waals surface area contributed by atoms with Crippen LogP contribution in [0.5, 0.6) is 0 Å². The highest BCUT2D eigenvalue weighted by molar-refractivity contribution is 7.99. The number of H-pyrrole nitrogens is 1. The number of thioether (sulfide) groups is 1. The van der Waals surface area contributed by atoms with Crippen molar-refractivity contribution in [3.05, 3.63) is 28.8 Å². The molecule has 8 heteroatoms. The Morgan fingerprint density at radius 2 is 2.37 bits per heavy atom. The standard InChI is InChI=1S/C11H12ClN5OS/c1-6-2-3-8(7(12)4-6)14-9(18)5-19-11-15-10(13)16-17-11/h2-4H,5H2,1H3,(H,14,18)(H3,13,15,16,17). The smallest absolute Gasteiger partial charge is 0.234 e. The van der Waals surface area contributed by atoms with Gasteiger partial charge in [0.25, 0.3) is 0 Å². The number of aromatic amines is 1. The highest BCUT2D eigenvalue weighted by Gasteiger charge is 2.08. The predicted molar refractivity (Wildman–Crippen MR) is 76.3 cm³/mol. The molecule has 19 heavy (non-hydrogen) atoms. The zero-order chi connectivity index (χ0) is 13.8. The molecule has 0 aliphatic rings. The highest BCUT2D eigenvalue weighted by Crippen LogP contribution is 2.23. The van der Waals surface area contributed by atoms with Crippen molar-refractivity contribution in [3.63, 3.8) is 0 Å². The van der Waals surface area contributed by atoms with Gasteiger partial charge in [-0.05, 0) is 24.6 Å². The number of nitrogens with zero attached hydrogens (tertiary/aromatic N) is 2. The quantitative estimate of drug-likeness (QED) is 0.751. The third-order valence-electron chi connectivity index (χ3n) is 2.21. The zero-order valence-electron chi connectivity index (χ0n) is 10.1. The van der Waals surface area contributed by atoms with E-state index in [1.807, 2.05) is 13.0 Å². The van der Waals surface area contributed by atoms with Gasteiger partial charge in [-0.2, -0.15) is 4.98 Å². The van der Waals surface area contributed by atoms with Crippen molar-refractivity contribution < 1.29 is 4.79 Å². The number of halogens is 1. The summed E-state index contributed by atoms with van der Waals surface area (Å²) in [5.74, 6) is 0.227. The average Bonchev–Trinajstić information content (AvgIpc) is 2.76. The van der Waals surface area contributed by atoms with Gasteiger partial charge in [-0.15, -0.1) is 5.10 Å². The lowest BCUT2D eigenvalue weighted by Crippen LogP contribution is -2.14. The summed E-state index contributed by atoms with van der Waals surface area (Å²) in [5.41, 5.74) is 7.01. The van der Waals surface area contributed by atoms with E-state index in [0.717, 1.165) is 5.56 Å². The molecule has 0 atom stereocenters. The van der Waals surface area contributed by atoms with Crippen LogP contribution >= 0.6 is 23.4 Å². The molecule has 1 amide bonds. The number of nitrogens with one attached hydrogen (secondary N) is 2. The maximum absolute atomic E-state index is 11.7. The molecule has 0 aliphatic carbocycles. The van der Waals surface area contributed by atoms with E-state index in [9.17, 15) is 4.79 Å². The Morgan fingerprint density at radius 3 is 3.00 bits per heavy atom. The van der Waals surface area contributed by atoms with E-state index < -0.39 is 0 Å². The van der Waals surface area contributed by atoms with E-state index in [1.165, 1.54) is 11.8 Å². The fourth-order valence-electron chi connectivity index (χ4n) is 1.36. The fourth-order valence-corrected chi connectivity index (χ4v) is 2.25. The van der Waals surface area contributed by atoms with Gasteiger partial charge >= 0.3 is 0 Å². The van der Waals surface area contributed by atoms with Crippen LogP contribution in [0.15, 0.2) is 23.4 Å². The van der Waals surface area contributed by atoms with Gasteiger partial charge in [0, 0.05) is 0 Å². The molecule has 100 valence electrons. The zero-order valence-corrected chi connectivity index (χ0v) is 11.7. The SMILES string of the molecule is Cc1ccc(NC(=O)CSc2n[nH]c(N)n2)c(Cl)c1. The first-order valence-electron chi connectivity index (χ1n) is 5.41. The molecule has 0 bridgehead atoms. The Bertz CT molecular complexity index is 601. The first kappa shape index (κ1) is 13.7. The van der Waals surface area contributed by atoms with Gasteiger partial charge in [0.15, 0.2) is 0 Å². The molecule has 1 heterocycles. The van der Waals surface area contributed by atoms with Crippen molar-refractivity contribution in [2.45, 2.75) is 12.1 Å². The van der Waals surface area contributed by atoms with Crippen molar-refractivity contribution in [2.75, 3.05) is 16.8 Å². The first-order chi connectivity index (χ1) is 9.04. The van der Waals surface area contributed by atoms with Crippen molar-refractivity contribution in [3.8, 4) is 0 Å². The van der Waals surface area contributed by atoms with Crippen molar-refractivity contribution >= 4 is 40.9 Å². The largest absolute Gasteiger partial charge is 0.368 e. The molecular weight excluding hydrogens is 286 g/mol. The van der Waals surface area contributed by atoms with Crippen LogP contribution in [0.4, 0.5) is 11.6 Å². The number of benzene rings is 1. The van der Waals surface area contributed by atoms with Gasteiger partial charge in [-0.25, -0.2) is 5.10 Å². The van der Waals surface area contributed by atoms with E-state index in [2.05, 4.69) is 20.5 Å². The van der Waals surface area contributed by atoms with E-state index in [4.69, 9.17) is 17.3 Å². The number of amides is 1. The summed E-state index contributed by atoms with van der Waals surface area (Å²) >= 11 is 7.22. The molecule has 0 fully saturated rings. The lowest BCUT2D eigenvalue weighted by atomic mass is 10.2. The number of hydrogen-bond donors (Lipinski definition) is 3. The number of carbonyl (C=O) groups excluding carboxylic acids is 1. The number of nitrogens with two attached hydrogens (primary N) is 1. The topological polar surface area (TPSA) is 96.7 Å². The second kappa shape index (κ2) is 5.94. The van der Waals surface area contributed by atoms with Crippen LogP contribution in [0.25, 0.3) is 0 Å². The van der Waals surface area contributed by atoms with Gasteiger partial charge < -0.3 is 11.1 Å². The molecular formula is C11H12ClN5OS. The number of aryl methyl sites for hydroxylation is 1. The Hall–Kier alpha value is -1.73. The summed E-state index contributed by atoms with van der Waals surface area (Å²) in [6.07, 6.45) is 0. The van der Waals surface area contributed by atoms with Gasteiger partial charge in [-0.1, -0.05) is 29.4 Å². The summed E-state index contributed by atoms with van der Waals surface area (Å²) in [6, 6.07) is 5.44. The molecule has 0 saturated carbocycles. The number of nitrogen functional groups attached to an aromatic ring is 1. The Balaban J connectivity index is 1.90. The van der Waals surface area contributed by atoms with E-state index in [-0.39, 0.29) is 17.6 Å². The summed E-state index contributed by atoms with van der Waals surface area (Å²) in [6.45, 7) is 1.93. The molecule has 0 saturated heterocycles. The van der Waals surface area contributed by atoms with Crippen LogP contribution < -0.4 is 11.1 Å². The highest BCUT2D eigenvalue weighted by atomic mass is 35.5.